The van der Waals surface area contributed by atoms with Crippen LogP contribution in [0.3, 0.4) is 0 Å². The van der Waals surface area contributed by atoms with Crippen molar-refractivity contribution in [3.05, 3.63) is 0 Å². The van der Waals surface area contributed by atoms with Crippen LogP contribution < -0.4 is 5.32 Å². The lowest BCUT2D eigenvalue weighted by Gasteiger charge is -2.22. The van der Waals surface area contributed by atoms with Crippen molar-refractivity contribution in [3.8, 4) is 0 Å². The molecule has 0 radical (unpaired) electrons. The Kier molecular flexibility index (Phi) is 12.6. The van der Waals surface area contributed by atoms with Crippen LogP contribution >= 0.6 is 12.4 Å². The first kappa shape index (κ1) is 22.1. The molecule has 1 heterocycles. The van der Waals surface area contributed by atoms with Gasteiger partial charge in [-0.2, -0.15) is 0 Å². The summed E-state index contributed by atoms with van der Waals surface area (Å²) in [5.41, 5.74) is 0. The first-order valence-electron chi connectivity index (χ1n) is 8.53. The summed E-state index contributed by atoms with van der Waals surface area (Å²) in [6, 6.07) is -1.08. The Morgan fingerprint density at radius 2 is 1.45 bits per heavy atom. The maximum absolute atomic E-state index is 10.1. The lowest BCUT2D eigenvalue weighted by atomic mass is 9.98. The molecule has 0 spiro atoms. The quantitative estimate of drug-likeness (QED) is 0.366. The van der Waals surface area contributed by atoms with E-state index in [2.05, 4.69) is 12.2 Å². The fourth-order valence-electron chi connectivity index (χ4n) is 3.06. The average molecular weight is 340 g/mol. The predicted molar refractivity (Wildman–Crippen MR) is 90.3 cm³/mol. The topological polar surface area (TPSA) is 93.0 Å². The van der Waals surface area contributed by atoms with Crippen LogP contribution in [0.25, 0.3) is 0 Å². The highest BCUT2D eigenvalue weighted by atomic mass is 35.5. The summed E-state index contributed by atoms with van der Waals surface area (Å²) in [6.45, 7) is 1.98. The molecular weight excluding hydrogens is 306 g/mol. The van der Waals surface area contributed by atoms with E-state index in [4.69, 9.17) is 5.11 Å². The Morgan fingerprint density at radius 1 is 0.909 bits per heavy atom. The molecule has 1 aliphatic rings. The van der Waals surface area contributed by atoms with Crippen LogP contribution in [-0.2, 0) is 0 Å². The van der Waals surface area contributed by atoms with Gasteiger partial charge in [-0.1, -0.05) is 58.3 Å². The highest BCUT2D eigenvalue weighted by Gasteiger charge is 2.43. The van der Waals surface area contributed by atoms with E-state index >= 15 is 0 Å². The van der Waals surface area contributed by atoms with Crippen molar-refractivity contribution in [3.63, 3.8) is 0 Å². The van der Waals surface area contributed by atoms with E-state index in [0.29, 0.717) is 6.42 Å². The van der Waals surface area contributed by atoms with Gasteiger partial charge in [-0.15, -0.1) is 12.4 Å². The van der Waals surface area contributed by atoms with Crippen molar-refractivity contribution >= 4 is 12.4 Å². The molecule has 5 atom stereocenters. The first-order chi connectivity index (χ1) is 10.1. The zero-order valence-corrected chi connectivity index (χ0v) is 14.5. The normalized spacial score (nSPS) is 29.3. The number of nitrogens with one attached hydrogen (secondary N) is 1. The van der Waals surface area contributed by atoms with Crippen LogP contribution in [0, 0.1) is 0 Å². The molecule has 22 heavy (non-hydrogen) atoms. The smallest absolute Gasteiger partial charge is 0.0993 e. The minimum absolute atomic E-state index is 0. The predicted octanol–water partition coefficient (Wildman–Crippen LogP) is 1.35. The van der Waals surface area contributed by atoms with E-state index in [-0.39, 0.29) is 19.0 Å². The van der Waals surface area contributed by atoms with Gasteiger partial charge in [0, 0.05) is 0 Å². The lowest BCUT2D eigenvalue weighted by molar-refractivity contribution is -0.00443. The Bertz CT molecular complexity index is 271. The van der Waals surface area contributed by atoms with Crippen molar-refractivity contribution < 1.29 is 20.4 Å². The molecule has 1 fully saturated rings. The van der Waals surface area contributed by atoms with E-state index in [9.17, 15) is 15.3 Å². The van der Waals surface area contributed by atoms with Crippen LogP contribution in [0.2, 0.25) is 0 Å². The summed E-state index contributed by atoms with van der Waals surface area (Å²) < 4.78 is 0. The third-order valence-corrected chi connectivity index (χ3v) is 4.50. The number of halogens is 1. The number of unbranched alkanes of at least 4 members (excludes halogenated alkanes) is 7. The molecule has 5 nitrogen and oxygen atoms in total. The van der Waals surface area contributed by atoms with E-state index in [1.54, 1.807) is 0 Å². The molecule has 0 aromatic rings. The van der Waals surface area contributed by atoms with Gasteiger partial charge in [0.25, 0.3) is 0 Å². The van der Waals surface area contributed by atoms with Gasteiger partial charge in [0.15, 0.2) is 0 Å². The highest BCUT2D eigenvalue weighted by Crippen LogP contribution is 2.20. The second-order valence-corrected chi connectivity index (χ2v) is 6.29. The number of aliphatic hydroxyl groups is 4. The van der Waals surface area contributed by atoms with Crippen molar-refractivity contribution in [1.29, 1.82) is 0 Å². The molecule has 0 aromatic carbocycles. The van der Waals surface area contributed by atoms with Gasteiger partial charge in [-0.25, -0.2) is 0 Å². The van der Waals surface area contributed by atoms with Crippen molar-refractivity contribution in [2.75, 3.05) is 6.61 Å². The number of rotatable bonds is 11. The second kappa shape index (κ2) is 12.5. The molecule has 1 rings (SSSR count). The summed E-state index contributed by atoms with van der Waals surface area (Å²) in [4.78, 5) is 0. The maximum Gasteiger partial charge on any atom is 0.0993 e. The Labute approximate surface area is 140 Å². The van der Waals surface area contributed by atoms with Gasteiger partial charge in [0.05, 0.1) is 37.0 Å². The molecule has 0 aromatic heterocycles. The summed E-state index contributed by atoms with van der Waals surface area (Å²) in [6.07, 6.45) is 7.60. The second-order valence-electron chi connectivity index (χ2n) is 6.29. The van der Waals surface area contributed by atoms with Crippen LogP contribution in [-0.4, -0.2) is 57.4 Å². The van der Waals surface area contributed by atoms with Crippen molar-refractivity contribution in [2.24, 2.45) is 0 Å². The zero-order chi connectivity index (χ0) is 15.7. The van der Waals surface area contributed by atoms with Gasteiger partial charge in [-0.3, -0.25) is 0 Å². The summed E-state index contributed by atoms with van der Waals surface area (Å²) in [5, 5.41) is 41.7. The number of aliphatic hydroxyl groups excluding tert-OH is 4. The van der Waals surface area contributed by atoms with Crippen LogP contribution in [0.4, 0.5) is 0 Å². The van der Waals surface area contributed by atoms with Gasteiger partial charge >= 0.3 is 0 Å². The van der Waals surface area contributed by atoms with Crippen LogP contribution in [0.5, 0.6) is 0 Å². The molecule has 0 unspecified atom stereocenters. The molecular formula is C16H34ClNO4. The SMILES string of the molecule is CCCCCCCCCC[C@@H](O)[C@@H]1N[C@@H](CO)[C@H](O)[C@H]1O.Cl. The molecule has 0 saturated carbocycles. The van der Waals surface area contributed by atoms with Gasteiger partial charge in [0.1, 0.15) is 0 Å². The Morgan fingerprint density at radius 3 is 1.95 bits per heavy atom. The number of hydrogen-bond donors (Lipinski definition) is 5. The standard InChI is InChI=1S/C16H33NO4.ClH/c1-2-3-4-5-6-7-8-9-10-13(19)14-16(21)15(20)12(11-18)17-14;/h12-21H,2-11H2,1H3;1H/t12-,13+,14-,15-,16-;/m0./s1. The minimum atomic E-state index is -1.01. The van der Waals surface area contributed by atoms with E-state index < -0.39 is 30.4 Å². The molecule has 0 amide bonds. The van der Waals surface area contributed by atoms with E-state index in [0.717, 1.165) is 12.8 Å². The molecule has 0 bridgehead atoms. The fourth-order valence-corrected chi connectivity index (χ4v) is 3.06. The highest BCUT2D eigenvalue weighted by molar-refractivity contribution is 5.85. The third kappa shape index (κ3) is 7.11. The van der Waals surface area contributed by atoms with Gasteiger partial charge in [-0.05, 0) is 6.42 Å². The fraction of sp³-hybridized carbons (Fsp3) is 1.00. The Hall–Kier alpha value is 0.0900. The van der Waals surface area contributed by atoms with E-state index in [1.807, 2.05) is 0 Å². The molecule has 0 aliphatic carbocycles. The van der Waals surface area contributed by atoms with Crippen molar-refractivity contribution in [1.82, 2.24) is 5.32 Å². The first-order valence-corrected chi connectivity index (χ1v) is 8.53. The molecule has 134 valence electrons. The summed E-state index contributed by atoms with van der Waals surface area (Å²) >= 11 is 0. The Balaban J connectivity index is 0.00000441. The summed E-state index contributed by atoms with van der Waals surface area (Å²) in [7, 11) is 0. The maximum atomic E-state index is 10.1. The van der Waals surface area contributed by atoms with Crippen LogP contribution in [0.1, 0.15) is 64.7 Å². The largest absolute Gasteiger partial charge is 0.395 e. The van der Waals surface area contributed by atoms with Crippen molar-refractivity contribution in [2.45, 2.75) is 95.1 Å². The molecule has 5 N–H and O–H groups in total. The lowest BCUT2D eigenvalue weighted by Crippen LogP contribution is -2.44. The monoisotopic (exact) mass is 339 g/mol. The number of hydrogen-bond acceptors (Lipinski definition) is 5. The summed E-state index contributed by atoms with van der Waals surface area (Å²) in [5.74, 6) is 0. The van der Waals surface area contributed by atoms with Gasteiger partial charge in [0.2, 0.25) is 0 Å². The average Bonchev–Trinajstić information content (AvgIpc) is 2.77. The third-order valence-electron chi connectivity index (χ3n) is 4.50. The molecule has 1 aliphatic heterocycles. The van der Waals surface area contributed by atoms with E-state index in [1.165, 1.54) is 38.5 Å². The molecule has 6 heteroatoms. The van der Waals surface area contributed by atoms with Gasteiger partial charge < -0.3 is 25.7 Å². The minimum Gasteiger partial charge on any atom is -0.395 e. The molecule has 1 saturated heterocycles. The van der Waals surface area contributed by atoms with Crippen LogP contribution in [0.15, 0.2) is 0 Å². The zero-order valence-electron chi connectivity index (χ0n) is 13.7.